The van der Waals surface area contributed by atoms with Crippen LogP contribution < -0.4 is 20.9 Å². The third kappa shape index (κ3) is 7.65. The van der Waals surface area contributed by atoms with Crippen molar-refractivity contribution in [3.8, 4) is 11.5 Å². The van der Waals surface area contributed by atoms with Gasteiger partial charge in [0.05, 0.1) is 19.2 Å². The normalized spacial score (nSPS) is 11.8. The molecule has 2 aromatic heterocycles. The number of ether oxygens (including phenoxy) is 2. The predicted molar refractivity (Wildman–Crippen MR) is 157 cm³/mol. The van der Waals surface area contributed by atoms with Crippen molar-refractivity contribution in [1.29, 1.82) is 0 Å². The van der Waals surface area contributed by atoms with Crippen LogP contribution in [0.3, 0.4) is 0 Å². The second-order valence-corrected chi connectivity index (χ2v) is 9.74. The minimum Gasteiger partial charge on any atom is -0.453 e. The van der Waals surface area contributed by atoms with Crippen LogP contribution in [0.15, 0.2) is 71.7 Å². The summed E-state index contributed by atoms with van der Waals surface area (Å²) in [5.41, 5.74) is -0.514. The number of amides is 3. The summed E-state index contributed by atoms with van der Waals surface area (Å²) in [4.78, 5) is 58.5. The average molecular weight is 609 g/mol. The number of hydrogen-bond donors (Lipinski definition) is 3. The molecule has 0 saturated heterocycles. The number of pyridine rings is 1. The van der Waals surface area contributed by atoms with E-state index in [1.54, 1.807) is 50.5 Å². The van der Waals surface area contributed by atoms with Crippen LogP contribution >= 0.6 is 0 Å². The van der Waals surface area contributed by atoms with Crippen LogP contribution in [0.25, 0.3) is 11.0 Å². The molecule has 3 amide bonds. The number of anilines is 1. The number of halogens is 2. The number of nitrogens with one attached hydrogen (secondary N) is 3. The number of para-hydroxylation sites is 1. The zero-order valence-corrected chi connectivity index (χ0v) is 24.1. The third-order valence-corrected chi connectivity index (χ3v) is 6.36. The molecule has 0 aliphatic rings. The molecule has 0 bridgehead atoms. The maximum atomic E-state index is 14.7. The first kappa shape index (κ1) is 31.4. The molecule has 0 aliphatic carbocycles. The van der Waals surface area contributed by atoms with Gasteiger partial charge in [0.15, 0.2) is 11.6 Å². The Balaban J connectivity index is 1.53. The third-order valence-electron chi connectivity index (χ3n) is 6.36. The number of nitrogens with zero attached hydrogens (tertiary/aromatic N) is 3. The zero-order valence-electron chi connectivity index (χ0n) is 24.1. The number of carbonyl (C=O) groups is 3. The van der Waals surface area contributed by atoms with E-state index in [0.29, 0.717) is 0 Å². The molecule has 0 spiro atoms. The fraction of sp³-hybridized carbons (Fsp3) is 0.233. The fourth-order valence-electron chi connectivity index (χ4n) is 4.10. The SMILES string of the molecule is COC(=O)NC(CCC=CC(=O)N(C)C)C(=O)Nc1cccn(Cc2nc3cc(F)c(F)c(Oc4ccccc4)c3[nH]2)c1=O. The quantitative estimate of drug-likeness (QED) is 0.219. The van der Waals surface area contributed by atoms with Crippen LogP contribution in [0.4, 0.5) is 19.3 Å². The van der Waals surface area contributed by atoms with Gasteiger partial charge in [-0.1, -0.05) is 24.3 Å². The lowest BCUT2D eigenvalue weighted by atomic mass is 10.1. The Morgan fingerprint density at radius 2 is 1.89 bits per heavy atom. The number of aromatic nitrogens is 3. The molecule has 4 aromatic rings. The Hall–Kier alpha value is -5.53. The largest absolute Gasteiger partial charge is 0.453 e. The van der Waals surface area contributed by atoms with Gasteiger partial charge in [0.1, 0.15) is 28.8 Å². The van der Waals surface area contributed by atoms with Gasteiger partial charge in [-0.15, -0.1) is 0 Å². The van der Waals surface area contributed by atoms with Gasteiger partial charge in [-0.2, -0.15) is 4.39 Å². The summed E-state index contributed by atoms with van der Waals surface area (Å²) in [5.74, 6) is -3.19. The van der Waals surface area contributed by atoms with E-state index in [9.17, 15) is 28.0 Å². The Morgan fingerprint density at radius 3 is 2.59 bits per heavy atom. The van der Waals surface area contributed by atoms with Gasteiger partial charge in [-0.05, 0) is 43.2 Å². The lowest BCUT2D eigenvalue weighted by Crippen LogP contribution is -2.44. The summed E-state index contributed by atoms with van der Waals surface area (Å²) in [6.07, 6.45) is 3.89. The van der Waals surface area contributed by atoms with Gasteiger partial charge in [-0.3, -0.25) is 14.4 Å². The molecule has 3 N–H and O–H groups in total. The van der Waals surface area contributed by atoms with Gasteiger partial charge in [-0.25, -0.2) is 14.2 Å². The zero-order chi connectivity index (χ0) is 31.8. The lowest BCUT2D eigenvalue weighted by Gasteiger charge is -2.17. The van der Waals surface area contributed by atoms with Gasteiger partial charge in [0.25, 0.3) is 5.56 Å². The highest BCUT2D eigenvalue weighted by molar-refractivity contribution is 5.96. The summed E-state index contributed by atoms with van der Waals surface area (Å²) in [6.45, 7) is -0.139. The molecule has 44 heavy (non-hydrogen) atoms. The molecule has 1 atom stereocenters. The number of benzene rings is 2. The number of aromatic amines is 1. The molecule has 1 unspecified atom stereocenters. The minimum absolute atomic E-state index is 0.0837. The Morgan fingerprint density at radius 1 is 1.14 bits per heavy atom. The summed E-state index contributed by atoms with van der Waals surface area (Å²) >= 11 is 0. The number of methoxy groups -OCH3 is 1. The maximum absolute atomic E-state index is 14.7. The van der Waals surface area contributed by atoms with Crippen molar-refractivity contribution in [3.05, 3.63) is 94.7 Å². The van der Waals surface area contributed by atoms with Gasteiger partial charge in [0, 0.05) is 26.4 Å². The standard InChI is InChI=1S/C30H30F2N6O6/c1-37(2)24(39)14-8-7-12-20(35-30(42)43-3)28(40)34-21-13-9-15-38(29(21)41)17-23-33-22-16-19(31)25(32)27(26(22)36-23)44-18-10-5-4-6-11-18/h4-6,8-11,13-16,20H,7,12,17H2,1-3H3,(H,33,36)(H,34,40)(H,35,42). The van der Waals surface area contributed by atoms with E-state index in [2.05, 4.69) is 25.3 Å². The number of allylic oxidation sites excluding steroid dienone is 1. The molecule has 0 aliphatic heterocycles. The van der Waals surface area contributed by atoms with Gasteiger partial charge in [0.2, 0.25) is 17.6 Å². The topological polar surface area (TPSA) is 148 Å². The van der Waals surface area contributed by atoms with Crippen molar-refractivity contribution >= 4 is 34.6 Å². The van der Waals surface area contributed by atoms with Crippen molar-refractivity contribution in [2.24, 2.45) is 0 Å². The summed E-state index contributed by atoms with van der Waals surface area (Å²) in [7, 11) is 4.34. The first-order valence-corrected chi connectivity index (χ1v) is 13.4. The summed E-state index contributed by atoms with van der Waals surface area (Å²) in [6, 6.07) is 11.0. The highest BCUT2D eigenvalue weighted by Crippen LogP contribution is 2.33. The van der Waals surface area contributed by atoms with E-state index in [-0.39, 0.29) is 59.3 Å². The number of alkyl carbamates (subject to hydrolysis) is 1. The van der Waals surface area contributed by atoms with Crippen molar-refractivity contribution in [1.82, 2.24) is 24.8 Å². The molecule has 4 rings (SSSR count). The van der Waals surface area contributed by atoms with Gasteiger partial charge < -0.3 is 34.6 Å². The van der Waals surface area contributed by atoms with Crippen molar-refractivity contribution in [2.45, 2.75) is 25.4 Å². The number of H-pyrrole nitrogens is 1. The van der Waals surface area contributed by atoms with Crippen LogP contribution in [0.5, 0.6) is 11.5 Å². The van der Waals surface area contributed by atoms with Crippen molar-refractivity contribution in [2.75, 3.05) is 26.5 Å². The van der Waals surface area contributed by atoms with Crippen LogP contribution in [0.1, 0.15) is 18.7 Å². The average Bonchev–Trinajstić information content (AvgIpc) is 3.40. The summed E-state index contributed by atoms with van der Waals surface area (Å²) < 4.78 is 40.5. The monoisotopic (exact) mass is 608 g/mol. The fourth-order valence-corrected chi connectivity index (χ4v) is 4.10. The molecule has 0 radical (unpaired) electrons. The lowest BCUT2D eigenvalue weighted by molar-refractivity contribution is -0.123. The first-order valence-electron chi connectivity index (χ1n) is 13.4. The summed E-state index contributed by atoms with van der Waals surface area (Å²) in [5, 5.41) is 4.94. The Kier molecular flexibility index (Phi) is 10.1. The van der Waals surface area contributed by atoms with E-state index >= 15 is 0 Å². The van der Waals surface area contributed by atoms with E-state index < -0.39 is 35.2 Å². The molecule has 2 heterocycles. The van der Waals surface area contributed by atoms with Crippen LogP contribution in [0, 0.1) is 11.6 Å². The highest BCUT2D eigenvalue weighted by atomic mass is 19.2. The number of imidazole rings is 1. The molecular weight excluding hydrogens is 578 g/mol. The first-order chi connectivity index (χ1) is 21.1. The molecule has 2 aromatic carbocycles. The number of fused-ring (bicyclic) bond motifs is 1. The number of hydrogen-bond acceptors (Lipinski definition) is 7. The molecular formula is C30H30F2N6O6. The van der Waals surface area contributed by atoms with Gasteiger partial charge >= 0.3 is 6.09 Å². The number of likely N-dealkylation sites (N-methyl/N-ethyl adjacent to an activating group) is 1. The molecule has 14 heteroatoms. The van der Waals surface area contributed by atoms with Crippen molar-refractivity contribution in [3.63, 3.8) is 0 Å². The molecule has 0 saturated carbocycles. The maximum Gasteiger partial charge on any atom is 0.407 e. The molecule has 0 fully saturated rings. The predicted octanol–water partition coefficient (Wildman–Crippen LogP) is 3.93. The van der Waals surface area contributed by atoms with E-state index in [1.165, 1.54) is 33.9 Å². The Bertz CT molecular complexity index is 1750. The second-order valence-electron chi connectivity index (χ2n) is 9.74. The van der Waals surface area contributed by atoms with E-state index in [0.717, 1.165) is 13.2 Å². The second kappa shape index (κ2) is 14.1. The van der Waals surface area contributed by atoms with E-state index in [1.807, 2.05) is 0 Å². The van der Waals surface area contributed by atoms with Crippen molar-refractivity contribution < 1.29 is 32.6 Å². The number of rotatable bonds is 11. The minimum atomic E-state index is -1.20. The Labute approximate surface area is 250 Å². The molecule has 230 valence electrons. The molecule has 12 nitrogen and oxygen atoms in total. The number of carbonyl (C=O) groups excluding carboxylic acids is 3. The smallest absolute Gasteiger partial charge is 0.407 e. The van der Waals surface area contributed by atoms with Crippen LogP contribution in [0.2, 0.25) is 0 Å². The van der Waals surface area contributed by atoms with E-state index in [4.69, 9.17) is 4.74 Å². The van der Waals surface area contributed by atoms with Crippen LogP contribution in [-0.4, -0.2) is 64.6 Å². The highest BCUT2D eigenvalue weighted by Gasteiger charge is 2.23. The van der Waals surface area contributed by atoms with Crippen LogP contribution in [-0.2, 0) is 20.9 Å².